The Morgan fingerprint density at radius 2 is 1.83 bits per heavy atom. The van der Waals surface area contributed by atoms with Crippen LogP contribution in [0.4, 0.5) is 11.4 Å². The van der Waals surface area contributed by atoms with E-state index in [2.05, 4.69) is 5.10 Å². The summed E-state index contributed by atoms with van der Waals surface area (Å²) in [6.45, 7) is 3.72. The molecule has 0 N–H and O–H groups in total. The van der Waals surface area contributed by atoms with Gasteiger partial charge < -0.3 is 4.74 Å². The van der Waals surface area contributed by atoms with Gasteiger partial charge in [-0.2, -0.15) is 5.10 Å². The lowest BCUT2D eigenvalue weighted by Gasteiger charge is -2.22. The average molecular weight is 412 g/mol. The SMILES string of the molecule is CCOC(=O)C1=NN(c2cccc(Cl)c2)C2C(=O)N(c3ccc(C)cc3)C(=O)C12. The van der Waals surface area contributed by atoms with Gasteiger partial charge in [-0.15, -0.1) is 0 Å². The number of ether oxygens (including phenoxy) is 1. The standard InChI is InChI=1S/C21H18ClN3O4/c1-3-29-21(28)17-16-18(25(23-17)15-6-4-5-13(22)11-15)20(27)24(19(16)26)14-9-7-12(2)8-10-14/h4-11,16,18H,3H2,1-2H3. The molecule has 2 amide bonds. The molecule has 7 nitrogen and oxygen atoms in total. The van der Waals surface area contributed by atoms with Gasteiger partial charge in [0, 0.05) is 5.02 Å². The van der Waals surface area contributed by atoms with Gasteiger partial charge in [0.1, 0.15) is 12.0 Å². The number of amides is 2. The molecule has 0 aromatic heterocycles. The van der Waals surface area contributed by atoms with Crippen molar-refractivity contribution in [2.24, 2.45) is 11.0 Å². The van der Waals surface area contributed by atoms with Gasteiger partial charge >= 0.3 is 5.97 Å². The van der Waals surface area contributed by atoms with Crippen LogP contribution in [0.1, 0.15) is 12.5 Å². The fourth-order valence-electron chi connectivity index (χ4n) is 3.57. The van der Waals surface area contributed by atoms with Crippen LogP contribution in [-0.4, -0.2) is 36.1 Å². The second-order valence-electron chi connectivity index (χ2n) is 6.80. The zero-order chi connectivity index (χ0) is 20.7. The zero-order valence-electron chi connectivity index (χ0n) is 15.8. The highest BCUT2D eigenvalue weighted by molar-refractivity contribution is 6.47. The molecule has 29 heavy (non-hydrogen) atoms. The molecular formula is C21H18ClN3O4. The maximum atomic E-state index is 13.3. The molecule has 1 fully saturated rings. The number of rotatable bonds is 4. The topological polar surface area (TPSA) is 79.3 Å². The lowest BCUT2D eigenvalue weighted by atomic mass is 9.98. The van der Waals surface area contributed by atoms with Gasteiger partial charge in [0.2, 0.25) is 5.91 Å². The number of hydrogen-bond donors (Lipinski definition) is 0. The summed E-state index contributed by atoms with van der Waals surface area (Å²) in [5.74, 6) is -2.70. The maximum absolute atomic E-state index is 13.3. The Labute approximate surface area is 172 Å². The molecule has 2 heterocycles. The Bertz CT molecular complexity index is 1030. The Hall–Kier alpha value is -3.19. The van der Waals surface area contributed by atoms with Crippen molar-refractivity contribution in [1.82, 2.24) is 0 Å². The summed E-state index contributed by atoms with van der Waals surface area (Å²) < 4.78 is 5.08. The molecule has 2 aliphatic rings. The fourth-order valence-corrected chi connectivity index (χ4v) is 3.75. The molecule has 8 heteroatoms. The summed E-state index contributed by atoms with van der Waals surface area (Å²) >= 11 is 6.09. The van der Waals surface area contributed by atoms with Crippen LogP contribution in [0.25, 0.3) is 0 Å². The van der Waals surface area contributed by atoms with E-state index in [4.69, 9.17) is 16.3 Å². The number of aryl methyl sites for hydroxylation is 1. The second kappa shape index (κ2) is 7.33. The number of hydrazone groups is 1. The lowest BCUT2D eigenvalue weighted by Crippen LogP contribution is -2.39. The summed E-state index contributed by atoms with van der Waals surface area (Å²) in [5, 5.41) is 6.13. The molecule has 2 aromatic rings. The van der Waals surface area contributed by atoms with E-state index in [9.17, 15) is 14.4 Å². The third-order valence-electron chi connectivity index (χ3n) is 4.90. The van der Waals surface area contributed by atoms with Crippen molar-refractivity contribution in [1.29, 1.82) is 0 Å². The number of halogens is 1. The minimum Gasteiger partial charge on any atom is -0.461 e. The Kier molecular flexibility index (Phi) is 4.84. The zero-order valence-corrected chi connectivity index (χ0v) is 16.6. The monoisotopic (exact) mass is 411 g/mol. The van der Waals surface area contributed by atoms with E-state index in [1.54, 1.807) is 43.3 Å². The summed E-state index contributed by atoms with van der Waals surface area (Å²) in [6, 6.07) is 12.8. The number of esters is 1. The Balaban J connectivity index is 1.79. The van der Waals surface area contributed by atoms with Gasteiger partial charge in [0.15, 0.2) is 5.71 Å². The van der Waals surface area contributed by atoms with E-state index >= 15 is 0 Å². The van der Waals surface area contributed by atoms with Crippen molar-refractivity contribution in [3.8, 4) is 0 Å². The van der Waals surface area contributed by atoms with Gasteiger partial charge in [0.05, 0.1) is 18.0 Å². The number of fused-ring (bicyclic) bond motifs is 1. The van der Waals surface area contributed by atoms with Crippen LogP contribution in [0.2, 0.25) is 5.02 Å². The second-order valence-corrected chi connectivity index (χ2v) is 7.24. The number of carbonyl (C=O) groups excluding carboxylic acids is 3. The third-order valence-corrected chi connectivity index (χ3v) is 5.13. The summed E-state index contributed by atoms with van der Waals surface area (Å²) in [5.41, 5.74) is 1.89. The Morgan fingerprint density at radius 3 is 2.48 bits per heavy atom. The molecule has 1 saturated heterocycles. The van der Waals surface area contributed by atoms with E-state index in [-0.39, 0.29) is 12.3 Å². The third kappa shape index (κ3) is 3.17. The fraction of sp³-hybridized carbons (Fsp3) is 0.238. The summed E-state index contributed by atoms with van der Waals surface area (Å²) in [7, 11) is 0. The highest BCUT2D eigenvalue weighted by atomic mass is 35.5. The molecule has 0 spiro atoms. The normalized spacial score (nSPS) is 20.7. The molecule has 2 atom stereocenters. The smallest absolute Gasteiger partial charge is 0.355 e. The minimum absolute atomic E-state index is 0.0789. The van der Waals surface area contributed by atoms with Gasteiger partial charge in [0.25, 0.3) is 5.91 Å². The van der Waals surface area contributed by atoms with Crippen LogP contribution in [-0.2, 0) is 19.1 Å². The van der Waals surface area contributed by atoms with E-state index in [1.807, 2.05) is 19.1 Å². The Morgan fingerprint density at radius 1 is 1.10 bits per heavy atom. The van der Waals surface area contributed by atoms with Gasteiger partial charge in [-0.25, -0.2) is 9.69 Å². The van der Waals surface area contributed by atoms with Crippen LogP contribution in [0.15, 0.2) is 53.6 Å². The lowest BCUT2D eigenvalue weighted by molar-refractivity contribution is -0.136. The molecule has 2 aliphatic heterocycles. The molecule has 2 unspecified atom stereocenters. The van der Waals surface area contributed by atoms with Gasteiger partial charge in [-0.3, -0.25) is 14.6 Å². The molecule has 0 bridgehead atoms. The first-order valence-corrected chi connectivity index (χ1v) is 9.55. The molecular weight excluding hydrogens is 394 g/mol. The average Bonchev–Trinajstić information content (AvgIpc) is 3.21. The van der Waals surface area contributed by atoms with Crippen molar-refractivity contribution in [3.05, 3.63) is 59.1 Å². The highest BCUT2D eigenvalue weighted by Gasteiger charge is 2.59. The predicted octanol–water partition coefficient (Wildman–Crippen LogP) is 2.95. The number of hydrogen-bond acceptors (Lipinski definition) is 6. The first kappa shape index (κ1) is 19.1. The number of benzene rings is 2. The quantitative estimate of drug-likeness (QED) is 0.571. The number of anilines is 2. The van der Waals surface area contributed by atoms with Crippen molar-refractivity contribution >= 4 is 46.5 Å². The largest absolute Gasteiger partial charge is 0.461 e. The first-order valence-electron chi connectivity index (χ1n) is 9.17. The van der Waals surface area contributed by atoms with E-state index in [1.165, 1.54) is 5.01 Å². The maximum Gasteiger partial charge on any atom is 0.355 e. The van der Waals surface area contributed by atoms with Crippen LogP contribution in [0, 0.1) is 12.8 Å². The van der Waals surface area contributed by atoms with E-state index in [0.717, 1.165) is 10.5 Å². The first-order chi connectivity index (χ1) is 13.9. The van der Waals surface area contributed by atoms with Gasteiger partial charge in [-0.1, -0.05) is 35.4 Å². The van der Waals surface area contributed by atoms with Crippen molar-refractivity contribution < 1.29 is 19.1 Å². The van der Waals surface area contributed by atoms with Gasteiger partial charge in [-0.05, 0) is 44.2 Å². The van der Waals surface area contributed by atoms with Crippen LogP contribution in [0.3, 0.4) is 0 Å². The molecule has 2 aromatic carbocycles. The number of carbonyl (C=O) groups is 3. The summed E-state index contributed by atoms with van der Waals surface area (Å²) in [6.07, 6.45) is 0. The minimum atomic E-state index is -1.04. The number of imide groups is 1. The highest BCUT2D eigenvalue weighted by Crippen LogP contribution is 2.38. The van der Waals surface area contributed by atoms with E-state index in [0.29, 0.717) is 16.4 Å². The van der Waals surface area contributed by atoms with Crippen molar-refractivity contribution in [2.75, 3.05) is 16.5 Å². The van der Waals surface area contributed by atoms with Crippen molar-refractivity contribution in [2.45, 2.75) is 19.9 Å². The van der Waals surface area contributed by atoms with Crippen molar-refractivity contribution in [3.63, 3.8) is 0 Å². The van der Waals surface area contributed by atoms with Crippen LogP contribution < -0.4 is 9.91 Å². The van der Waals surface area contributed by atoms with Crippen LogP contribution in [0.5, 0.6) is 0 Å². The molecule has 148 valence electrons. The van der Waals surface area contributed by atoms with Crippen LogP contribution >= 0.6 is 11.6 Å². The number of nitrogens with zero attached hydrogens (tertiary/aromatic N) is 3. The summed E-state index contributed by atoms with van der Waals surface area (Å²) in [4.78, 5) is 40.1. The van der Waals surface area contributed by atoms with E-state index < -0.39 is 29.7 Å². The predicted molar refractivity (Wildman–Crippen MR) is 109 cm³/mol. The molecule has 0 radical (unpaired) electrons. The molecule has 0 saturated carbocycles. The molecule has 0 aliphatic carbocycles. The molecule has 4 rings (SSSR count).